The molecule has 1 aromatic heterocycles. The van der Waals surface area contributed by atoms with Gasteiger partial charge in [-0.3, -0.25) is 0 Å². The highest BCUT2D eigenvalue weighted by atomic mass is 79.9. The van der Waals surface area contributed by atoms with Crippen molar-refractivity contribution in [2.24, 2.45) is 5.10 Å². The van der Waals surface area contributed by atoms with Crippen LogP contribution in [-0.2, 0) is 0 Å². The van der Waals surface area contributed by atoms with E-state index >= 15 is 0 Å². The average Bonchev–Trinajstić information content (AvgIpc) is 3.42. The molecule has 5 rings (SSSR count). The first-order valence-electron chi connectivity index (χ1n) is 9.25. The Balaban J connectivity index is 1.60. The number of benzene rings is 2. The van der Waals surface area contributed by atoms with Crippen LogP contribution in [0.15, 0.2) is 68.8 Å². The summed E-state index contributed by atoms with van der Waals surface area (Å²) in [6.07, 6.45) is 2.02. The number of ether oxygens (including phenoxy) is 3. The molecule has 0 fully saturated rings. The number of methoxy groups -OCH3 is 2. The molecule has 29 heavy (non-hydrogen) atoms. The second-order valence-corrected chi connectivity index (χ2v) is 7.81. The number of hydrogen-bond acceptors (Lipinski definition) is 6. The molecule has 6 nitrogen and oxygen atoms in total. The summed E-state index contributed by atoms with van der Waals surface area (Å²) in [7, 11) is 3.25. The first-order valence-corrected chi connectivity index (χ1v) is 10.0. The maximum absolute atomic E-state index is 6.40. The molecule has 2 aromatic carbocycles. The number of halogens is 1. The molecule has 0 saturated heterocycles. The lowest BCUT2D eigenvalue weighted by Crippen LogP contribution is -2.33. The molecule has 2 aliphatic rings. The summed E-state index contributed by atoms with van der Waals surface area (Å²) >= 11 is 3.58. The number of fused-ring (bicyclic) bond motifs is 3. The third-order valence-electron chi connectivity index (χ3n) is 5.25. The van der Waals surface area contributed by atoms with E-state index in [-0.39, 0.29) is 12.3 Å². The van der Waals surface area contributed by atoms with Crippen LogP contribution in [0.25, 0.3) is 0 Å². The topological polar surface area (TPSA) is 56.4 Å². The van der Waals surface area contributed by atoms with Crippen LogP contribution in [-0.4, -0.2) is 24.9 Å². The Bertz CT molecular complexity index is 1080. The first kappa shape index (κ1) is 18.1. The molecular formula is C22H19BrN2O4. The predicted octanol–water partition coefficient (Wildman–Crippen LogP) is 5.30. The molecule has 0 spiro atoms. The number of rotatable bonds is 4. The second kappa shape index (κ2) is 7.15. The van der Waals surface area contributed by atoms with Crippen molar-refractivity contribution in [3.05, 3.63) is 76.2 Å². The van der Waals surface area contributed by atoms with Gasteiger partial charge in [-0.15, -0.1) is 0 Å². The maximum Gasteiger partial charge on any atom is 0.214 e. The third kappa shape index (κ3) is 3.06. The van der Waals surface area contributed by atoms with E-state index in [1.807, 2.05) is 47.5 Å². The largest absolute Gasteiger partial charge is 0.493 e. The van der Waals surface area contributed by atoms with E-state index in [0.717, 1.165) is 39.2 Å². The fourth-order valence-electron chi connectivity index (χ4n) is 3.88. The van der Waals surface area contributed by atoms with E-state index in [9.17, 15) is 0 Å². The zero-order valence-corrected chi connectivity index (χ0v) is 17.5. The van der Waals surface area contributed by atoms with Crippen molar-refractivity contribution in [3.8, 4) is 17.2 Å². The highest BCUT2D eigenvalue weighted by Crippen LogP contribution is 2.48. The van der Waals surface area contributed by atoms with E-state index in [1.54, 1.807) is 20.5 Å². The van der Waals surface area contributed by atoms with E-state index in [2.05, 4.69) is 22.0 Å². The van der Waals surface area contributed by atoms with Crippen molar-refractivity contribution in [2.75, 3.05) is 14.2 Å². The van der Waals surface area contributed by atoms with Crippen LogP contribution < -0.4 is 14.2 Å². The van der Waals surface area contributed by atoms with Gasteiger partial charge in [0.1, 0.15) is 17.2 Å². The van der Waals surface area contributed by atoms with Gasteiger partial charge in [-0.1, -0.05) is 15.9 Å². The minimum absolute atomic E-state index is 0.0504. The Morgan fingerprint density at radius 3 is 2.69 bits per heavy atom. The Hall–Kier alpha value is -2.93. The SMILES string of the molecule is COc1ccc([C@@H]2Oc3ccc(Br)cc3[C@@H]3CC(c4ccco4)=NN32)cc1OC. The lowest BCUT2D eigenvalue weighted by Gasteiger charge is -2.38. The Labute approximate surface area is 176 Å². The van der Waals surface area contributed by atoms with Gasteiger partial charge < -0.3 is 18.6 Å². The van der Waals surface area contributed by atoms with Crippen molar-refractivity contribution in [1.82, 2.24) is 5.01 Å². The van der Waals surface area contributed by atoms with Gasteiger partial charge in [-0.2, -0.15) is 5.10 Å². The second-order valence-electron chi connectivity index (χ2n) is 6.89. The fraction of sp³-hybridized carbons (Fsp3) is 0.227. The van der Waals surface area contributed by atoms with Gasteiger partial charge in [-0.05, 0) is 48.5 Å². The third-order valence-corrected chi connectivity index (χ3v) is 5.74. The molecule has 0 N–H and O–H groups in total. The van der Waals surface area contributed by atoms with Gasteiger partial charge >= 0.3 is 0 Å². The Kier molecular flexibility index (Phi) is 4.47. The normalized spacial score (nSPS) is 19.8. The van der Waals surface area contributed by atoms with E-state index in [1.165, 1.54) is 0 Å². The van der Waals surface area contributed by atoms with Crippen LogP contribution >= 0.6 is 15.9 Å². The molecule has 0 radical (unpaired) electrons. The lowest BCUT2D eigenvalue weighted by atomic mass is 9.97. The lowest BCUT2D eigenvalue weighted by molar-refractivity contribution is -0.0192. The fourth-order valence-corrected chi connectivity index (χ4v) is 4.25. The van der Waals surface area contributed by atoms with Gasteiger partial charge in [0, 0.05) is 22.0 Å². The summed E-state index contributed by atoms with van der Waals surface area (Å²) in [4.78, 5) is 0. The molecule has 0 aliphatic carbocycles. The molecule has 7 heteroatoms. The van der Waals surface area contributed by atoms with E-state index in [4.69, 9.17) is 23.7 Å². The highest BCUT2D eigenvalue weighted by molar-refractivity contribution is 9.10. The van der Waals surface area contributed by atoms with Crippen LogP contribution in [0, 0.1) is 0 Å². The molecule has 2 atom stereocenters. The number of nitrogens with zero attached hydrogens (tertiary/aromatic N) is 2. The maximum atomic E-state index is 6.40. The first-order chi connectivity index (χ1) is 14.2. The van der Waals surface area contributed by atoms with Crippen molar-refractivity contribution < 1.29 is 18.6 Å². The molecule has 3 aromatic rings. The molecule has 2 aliphatic heterocycles. The number of hydrazone groups is 1. The van der Waals surface area contributed by atoms with Crippen molar-refractivity contribution >= 4 is 21.6 Å². The summed E-state index contributed by atoms with van der Waals surface area (Å²) in [5.41, 5.74) is 2.94. The molecule has 0 bridgehead atoms. The Morgan fingerprint density at radius 2 is 1.93 bits per heavy atom. The van der Waals surface area contributed by atoms with Crippen LogP contribution in [0.5, 0.6) is 17.2 Å². The van der Waals surface area contributed by atoms with Gasteiger partial charge in [-0.25, -0.2) is 5.01 Å². The molecule has 0 amide bonds. The van der Waals surface area contributed by atoms with Gasteiger partial charge in [0.25, 0.3) is 0 Å². The van der Waals surface area contributed by atoms with Crippen LogP contribution in [0.3, 0.4) is 0 Å². The summed E-state index contributed by atoms with van der Waals surface area (Å²) in [6.45, 7) is 0. The predicted molar refractivity (Wildman–Crippen MR) is 111 cm³/mol. The van der Waals surface area contributed by atoms with Crippen molar-refractivity contribution in [3.63, 3.8) is 0 Å². The zero-order valence-electron chi connectivity index (χ0n) is 16.0. The quantitative estimate of drug-likeness (QED) is 0.535. The number of hydrogen-bond donors (Lipinski definition) is 0. The summed E-state index contributed by atoms with van der Waals surface area (Å²) < 4.78 is 23.9. The summed E-state index contributed by atoms with van der Waals surface area (Å²) in [5.74, 6) is 2.96. The Morgan fingerprint density at radius 1 is 1.07 bits per heavy atom. The molecule has 0 saturated carbocycles. The minimum Gasteiger partial charge on any atom is -0.493 e. The molecule has 148 valence electrons. The van der Waals surface area contributed by atoms with Crippen molar-refractivity contribution in [1.29, 1.82) is 0 Å². The average molecular weight is 455 g/mol. The highest BCUT2D eigenvalue weighted by Gasteiger charge is 2.41. The molecular weight excluding hydrogens is 436 g/mol. The molecule has 0 unspecified atom stereocenters. The van der Waals surface area contributed by atoms with Gasteiger partial charge in [0.2, 0.25) is 6.23 Å². The van der Waals surface area contributed by atoms with Crippen LogP contribution in [0.4, 0.5) is 0 Å². The van der Waals surface area contributed by atoms with Crippen LogP contribution in [0.1, 0.15) is 35.6 Å². The monoisotopic (exact) mass is 454 g/mol. The van der Waals surface area contributed by atoms with E-state index in [0.29, 0.717) is 11.5 Å². The summed E-state index contributed by atoms with van der Waals surface area (Å²) in [5, 5.41) is 6.89. The number of furan rings is 1. The summed E-state index contributed by atoms with van der Waals surface area (Å²) in [6, 6.07) is 15.7. The standard InChI is InChI=1S/C22H19BrN2O4/c1-26-20-7-5-13(10-21(20)27-2)22-25-17(12-16(24-25)19-4-3-9-28-19)15-11-14(23)6-8-18(15)29-22/h3-11,17,22H,12H2,1-2H3/t17-,22-/m0/s1. The zero-order chi connectivity index (χ0) is 20.0. The van der Waals surface area contributed by atoms with Gasteiger partial charge in [0.05, 0.1) is 26.5 Å². The van der Waals surface area contributed by atoms with Crippen molar-refractivity contribution in [2.45, 2.75) is 18.7 Å². The van der Waals surface area contributed by atoms with E-state index < -0.39 is 0 Å². The molecule has 3 heterocycles. The van der Waals surface area contributed by atoms with Crippen LogP contribution in [0.2, 0.25) is 0 Å². The smallest absolute Gasteiger partial charge is 0.214 e. The van der Waals surface area contributed by atoms with Gasteiger partial charge in [0.15, 0.2) is 11.5 Å². The minimum atomic E-state index is -0.388.